The average Bonchev–Trinajstić information content (AvgIpc) is 3.14. The summed E-state index contributed by atoms with van der Waals surface area (Å²) >= 11 is 0. The van der Waals surface area contributed by atoms with Gasteiger partial charge in [0.25, 0.3) is 0 Å². The Labute approximate surface area is 197 Å². The number of phenolic OH excluding ortho intramolecular Hbond substituents is 1. The number of aromatic nitrogens is 1. The van der Waals surface area contributed by atoms with Crippen LogP contribution in [-0.2, 0) is 10.2 Å². The van der Waals surface area contributed by atoms with Crippen molar-refractivity contribution >= 4 is 16.9 Å². The number of aromatic hydroxyl groups is 1. The number of carbonyl (C=O) groups is 1. The van der Waals surface area contributed by atoms with Crippen LogP contribution in [0.2, 0.25) is 0 Å². The summed E-state index contributed by atoms with van der Waals surface area (Å²) in [5, 5.41) is 20.3. The summed E-state index contributed by atoms with van der Waals surface area (Å²) in [6.07, 6.45) is 0. The van der Waals surface area contributed by atoms with Gasteiger partial charge in [-0.05, 0) is 48.0 Å². The number of benzene rings is 3. The van der Waals surface area contributed by atoms with Crippen LogP contribution in [0.15, 0.2) is 60.7 Å². The van der Waals surface area contributed by atoms with Crippen molar-refractivity contribution in [2.75, 3.05) is 6.61 Å². The number of alkyl halides is 2. The van der Waals surface area contributed by atoms with Crippen LogP contribution >= 0.6 is 0 Å². The van der Waals surface area contributed by atoms with Crippen molar-refractivity contribution in [2.24, 2.45) is 0 Å². The van der Waals surface area contributed by atoms with E-state index in [4.69, 9.17) is 0 Å². The average molecular weight is 487 g/mol. The van der Waals surface area contributed by atoms with Crippen LogP contribution in [-0.4, -0.2) is 34.0 Å². The molecular formula is C26H21F4NO4. The molecule has 1 heterocycles. The molecule has 4 rings (SSSR count). The van der Waals surface area contributed by atoms with E-state index < -0.39 is 42.0 Å². The van der Waals surface area contributed by atoms with Gasteiger partial charge in [-0.25, -0.2) is 13.6 Å². The third kappa shape index (κ3) is 4.59. The fourth-order valence-corrected chi connectivity index (χ4v) is 4.26. The Morgan fingerprint density at radius 1 is 1.00 bits per heavy atom. The van der Waals surface area contributed by atoms with Crippen LogP contribution in [0.4, 0.5) is 17.6 Å². The quantitative estimate of drug-likeness (QED) is 0.292. The number of rotatable bonds is 7. The number of aromatic carboxylic acids is 1. The number of phenols is 1. The van der Waals surface area contributed by atoms with Crippen LogP contribution < -0.4 is 0 Å². The maximum atomic E-state index is 14.5. The van der Waals surface area contributed by atoms with E-state index in [1.54, 1.807) is 18.4 Å². The first-order valence-corrected chi connectivity index (χ1v) is 10.6. The lowest BCUT2D eigenvalue weighted by Gasteiger charge is -2.28. The van der Waals surface area contributed by atoms with E-state index in [1.807, 2.05) is 0 Å². The van der Waals surface area contributed by atoms with E-state index in [0.29, 0.717) is 22.5 Å². The topological polar surface area (TPSA) is 71.7 Å². The predicted molar refractivity (Wildman–Crippen MR) is 122 cm³/mol. The number of carboxylic acid groups (broad SMARTS) is 1. The molecule has 0 fully saturated rings. The maximum absolute atomic E-state index is 14.5. The summed E-state index contributed by atoms with van der Waals surface area (Å²) in [5.74, 6) is -2.78. The molecule has 0 aliphatic carbocycles. The second kappa shape index (κ2) is 9.07. The number of fused-ring (bicyclic) bond motifs is 1. The molecule has 3 aromatic carbocycles. The van der Waals surface area contributed by atoms with Gasteiger partial charge < -0.3 is 19.5 Å². The second-order valence-corrected chi connectivity index (χ2v) is 8.69. The molecule has 0 aliphatic heterocycles. The maximum Gasteiger partial charge on any atom is 0.345 e. The highest BCUT2D eigenvalue weighted by Gasteiger charge is 2.34. The Balaban J connectivity index is 2.13. The van der Waals surface area contributed by atoms with Gasteiger partial charge in [0.05, 0.1) is 23.1 Å². The smallest absolute Gasteiger partial charge is 0.345 e. The highest BCUT2D eigenvalue weighted by molar-refractivity contribution is 6.04. The number of halogens is 4. The molecule has 0 aliphatic rings. The molecule has 9 heteroatoms. The van der Waals surface area contributed by atoms with Crippen molar-refractivity contribution < 1.29 is 37.3 Å². The van der Waals surface area contributed by atoms with Gasteiger partial charge in [-0.1, -0.05) is 26.0 Å². The summed E-state index contributed by atoms with van der Waals surface area (Å²) in [4.78, 5) is 11.3. The Hall–Kier alpha value is -3.85. The van der Waals surface area contributed by atoms with E-state index in [2.05, 4.69) is 4.74 Å². The Morgan fingerprint density at radius 3 is 2.20 bits per heavy atom. The van der Waals surface area contributed by atoms with E-state index in [0.717, 1.165) is 6.07 Å². The molecule has 0 bridgehead atoms. The highest BCUT2D eigenvalue weighted by Crippen LogP contribution is 2.46. The first-order valence-electron chi connectivity index (χ1n) is 10.6. The second-order valence-electron chi connectivity index (χ2n) is 8.69. The van der Waals surface area contributed by atoms with Gasteiger partial charge in [0.1, 0.15) is 17.4 Å². The fraction of sp³-hybridized carbons (Fsp3) is 0.192. The van der Waals surface area contributed by atoms with Gasteiger partial charge in [-0.2, -0.15) is 8.78 Å². The third-order valence-electron chi connectivity index (χ3n) is 5.73. The Kier molecular flexibility index (Phi) is 6.29. The van der Waals surface area contributed by atoms with Gasteiger partial charge in [0.15, 0.2) is 0 Å². The van der Waals surface area contributed by atoms with Crippen molar-refractivity contribution in [1.82, 2.24) is 4.57 Å². The minimum Gasteiger partial charge on any atom is -0.507 e. The number of nitrogens with zero attached hydrogens (tertiary/aromatic N) is 1. The van der Waals surface area contributed by atoms with E-state index in [-0.39, 0.29) is 16.5 Å². The van der Waals surface area contributed by atoms with Crippen LogP contribution in [0.1, 0.15) is 29.9 Å². The third-order valence-corrected chi connectivity index (χ3v) is 5.73. The normalized spacial score (nSPS) is 12.0. The minimum absolute atomic E-state index is 0.0214. The number of carboxylic acids is 1. The zero-order valence-corrected chi connectivity index (χ0v) is 18.7. The number of hydrogen-bond donors (Lipinski definition) is 2. The van der Waals surface area contributed by atoms with Gasteiger partial charge in [-0.15, -0.1) is 0 Å². The van der Waals surface area contributed by atoms with Crippen LogP contribution in [0.25, 0.3) is 27.7 Å². The van der Waals surface area contributed by atoms with Gasteiger partial charge in [0, 0.05) is 28.4 Å². The summed E-state index contributed by atoms with van der Waals surface area (Å²) in [7, 11) is 0. The summed E-state index contributed by atoms with van der Waals surface area (Å²) in [5.41, 5.74) is 0.718. The molecule has 0 atom stereocenters. The number of hydrogen-bond acceptors (Lipinski definition) is 3. The SMILES string of the molecule is CC(C)(COC(F)F)c1c(-c2ccc(C(=O)O)cc2)c2c(O)cc(F)cc2n1-c1ccc(F)cc1. The zero-order chi connectivity index (χ0) is 25.5. The molecule has 182 valence electrons. The van der Waals surface area contributed by atoms with Crippen molar-refractivity contribution in [2.45, 2.75) is 25.9 Å². The Morgan fingerprint density at radius 2 is 1.63 bits per heavy atom. The van der Waals surface area contributed by atoms with Gasteiger partial charge in [-0.3, -0.25) is 0 Å². The molecule has 0 saturated carbocycles. The molecule has 0 radical (unpaired) electrons. The molecular weight excluding hydrogens is 466 g/mol. The Bertz CT molecular complexity index is 1390. The van der Waals surface area contributed by atoms with Crippen LogP contribution in [0.5, 0.6) is 5.75 Å². The molecule has 2 N–H and O–H groups in total. The summed E-state index contributed by atoms with van der Waals surface area (Å²) in [6.45, 7) is -0.189. The first kappa shape index (κ1) is 24.3. The predicted octanol–water partition coefficient (Wildman–Crippen LogP) is 6.50. The van der Waals surface area contributed by atoms with Crippen molar-refractivity contribution in [1.29, 1.82) is 0 Å². The standard InChI is InChI=1S/C26H21F4NO4/c1-26(2,13-35-25(29)30)23-21(14-3-5-15(6-4-14)24(33)34)22-19(11-17(28)12-20(22)32)31(23)18-9-7-16(27)8-10-18/h3-12,25,32H,13H2,1-2H3,(H,33,34). The molecule has 0 spiro atoms. The lowest BCUT2D eigenvalue weighted by Crippen LogP contribution is -2.29. The molecule has 0 amide bonds. The molecule has 5 nitrogen and oxygen atoms in total. The largest absolute Gasteiger partial charge is 0.507 e. The molecule has 0 saturated heterocycles. The first-order chi connectivity index (χ1) is 16.5. The lowest BCUT2D eigenvalue weighted by molar-refractivity contribution is -0.139. The molecule has 0 unspecified atom stereocenters. The summed E-state index contributed by atoms with van der Waals surface area (Å²) < 4.78 is 60.4. The van der Waals surface area contributed by atoms with Crippen LogP contribution in [0.3, 0.4) is 0 Å². The van der Waals surface area contributed by atoms with Crippen molar-refractivity contribution in [3.05, 3.63) is 83.6 Å². The zero-order valence-electron chi connectivity index (χ0n) is 18.7. The van der Waals surface area contributed by atoms with E-state index >= 15 is 0 Å². The molecule has 1 aromatic heterocycles. The van der Waals surface area contributed by atoms with E-state index in [1.165, 1.54) is 54.6 Å². The van der Waals surface area contributed by atoms with Crippen molar-refractivity contribution in [3.8, 4) is 22.6 Å². The minimum atomic E-state index is -3.04. The monoisotopic (exact) mass is 487 g/mol. The van der Waals surface area contributed by atoms with Gasteiger partial charge in [0.2, 0.25) is 0 Å². The molecule has 35 heavy (non-hydrogen) atoms. The van der Waals surface area contributed by atoms with E-state index in [9.17, 15) is 32.6 Å². The summed E-state index contributed by atoms with van der Waals surface area (Å²) in [6, 6.07) is 13.2. The van der Waals surface area contributed by atoms with Crippen LogP contribution in [0, 0.1) is 11.6 Å². The lowest BCUT2D eigenvalue weighted by atomic mass is 9.84. The molecule has 4 aromatic rings. The number of ether oxygens (including phenoxy) is 1. The fourth-order valence-electron chi connectivity index (χ4n) is 4.26. The van der Waals surface area contributed by atoms with Gasteiger partial charge >= 0.3 is 12.6 Å². The van der Waals surface area contributed by atoms with Crippen molar-refractivity contribution in [3.63, 3.8) is 0 Å². The highest BCUT2D eigenvalue weighted by atomic mass is 19.3.